The van der Waals surface area contributed by atoms with Crippen molar-refractivity contribution in [3.8, 4) is 5.75 Å². The molecule has 0 saturated carbocycles. The van der Waals surface area contributed by atoms with E-state index in [4.69, 9.17) is 0 Å². The normalized spacial score (nSPS) is 11.9. The van der Waals surface area contributed by atoms with E-state index in [0.29, 0.717) is 29.3 Å². The summed E-state index contributed by atoms with van der Waals surface area (Å²) < 4.78 is 4.04. The molecule has 0 atom stereocenters. The van der Waals surface area contributed by atoms with E-state index in [9.17, 15) is 14.7 Å². The molecule has 0 aliphatic heterocycles. The Bertz CT molecular complexity index is 1140. The van der Waals surface area contributed by atoms with Crippen molar-refractivity contribution in [3.05, 3.63) is 50.7 Å². The molecule has 0 spiro atoms. The van der Waals surface area contributed by atoms with Gasteiger partial charge in [-0.3, -0.25) is 13.9 Å². The number of phenolic OH excluding ortho intramolecular Hbond substituents is 1. The van der Waals surface area contributed by atoms with E-state index < -0.39 is 11.2 Å². The van der Waals surface area contributed by atoms with Gasteiger partial charge in [0.25, 0.3) is 5.56 Å². The molecule has 3 aromatic rings. The highest BCUT2D eigenvalue weighted by molar-refractivity contribution is 6.01. The van der Waals surface area contributed by atoms with Crippen LogP contribution in [-0.2, 0) is 20.6 Å². The predicted molar refractivity (Wildman–Crippen MR) is 99.8 cm³/mol. The maximum absolute atomic E-state index is 12.5. The molecular weight excluding hydrogens is 336 g/mol. The molecule has 0 saturated heterocycles. The Labute approximate surface area is 148 Å². The number of nitrogens with zero attached hydrogens (tertiary/aromatic N) is 5. The number of hydrogen-bond acceptors (Lipinski definition) is 6. The van der Waals surface area contributed by atoms with Gasteiger partial charge in [-0.05, 0) is 26.0 Å². The molecule has 1 aromatic carbocycles. The zero-order valence-corrected chi connectivity index (χ0v) is 15.0. The summed E-state index contributed by atoms with van der Waals surface area (Å²) in [6, 6.07) is 6.86. The van der Waals surface area contributed by atoms with Gasteiger partial charge in [0.15, 0.2) is 11.2 Å². The van der Waals surface area contributed by atoms with E-state index in [-0.39, 0.29) is 11.4 Å². The molecule has 2 aromatic heterocycles. The minimum atomic E-state index is -0.441. The first-order valence-electron chi connectivity index (χ1n) is 8.11. The monoisotopic (exact) mass is 356 g/mol. The van der Waals surface area contributed by atoms with Crippen LogP contribution < -0.4 is 16.7 Å². The Morgan fingerprint density at radius 2 is 1.92 bits per heavy atom. The number of hydrazone groups is 1. The minimum absolute atomic E-state index is 0.121. The highest BCUT2D eigenvalue weighted by atomic mass is 16.3. The van der Waals surface area contributed by atoms with E-state index >= 15 is 0 Å². The number of phenols is 1. The molecule has 9 heteroatoms. The molecule has 0 aliphatic rings. The number of aryl methyl sites for hydroxylation is 2. The van der Waals surface area contributed by atoms with Crippen LogP contribution in [-0.4, -0.2) is 29.5 Å². The fourth-order valence-electron chi connectivity index (χ4n) is 2.81. The second-order valence-corrected chi connectivity index (χ2v) is 5.88. The van der Waals surface area contributed by atoms with Gasteiger partial charge < -0.3 is 9.67 Å². The lowest BCUT2D eigenvalue weighted by atomic mass is 10.1. The molecule has 26 heavy (non-hydrogen) atoms. The summed E-state index contributed by atoms with van der Waals surface area (Å²) in [7, 11) is 3.00. The summed E-state index contributed by atoms with van der Waals surface area (Å²) in [5, 5.41) is 14.2. The van der Waals surface area contributed by atoms with Crippen LogP contribution in [0.4, 0.5) is 5.95 Å². The number of benzene rings is 1. The van der Waals surface area contributed by atoms with Crippen LogP contribution in [0.25, 0.3) is 11.2 Å². The van der Waals surface area contributed by atoms with Crippen molar-refractivity contribution in [1.29, 1.82) is 0 Å². The van der Waals surface area contributed by atoms with Crippen molar-refractivity contribution in [1.82, 2.24) is 18.7 Å². The van der Waals surface area contributed by atoms with Crippen LogP contribution in [0.15, 0.2) is 39.0 Å². The van der Waals surface area contributed by atoms with Crippen molar-refractivity contribution < 1.29 is 5.11 Å². The lowest BCUT2D eigenvalue weighted by Crippen LogP contribution is -2.37. The molecule has 2 heterocycles. The molecule has 0 aliphatic carbocycles. The van der Waals surface area contributed by atoms with Gasteiger partial charge >= 0.3 is 5.69 Å². The molecule has 3 rings (SSSR count). The highest BCUT2D eigenvalue weighted by Crippen LogP contribution is 2.18. The van der Waals surface area contributed by atoms with Crippen molar-refractivity contribution in [2.75, 3.05) is 5.43 Å². The number of fused-ring (bicyclic) bond motifs is 1. The third-order valence-corrected chi connectivity index (χ3v) is 4.28. The Morgan fingerprint density at radius 3 is 2.58 bits per heavy atom. The van der Waals surface area contributed by atoms with Gasteiger partial charge in [-0.1, -0.05) is 12.1 Å². The summed E-state index contributed by atoms with van der Waals surface area (Å²) in [5.41, 5.74) is 3.75. The Hall–Kier alpha value is -3.36. The fraction of sp³-hybridized carbons (Fsp3) is 0.294. The molecular formula is C17H20N6O3. The SMILES string of the molecule is CCn1c(NN=C(C)c2ccccc2O)nc2c1c(=O)n(C)c(=O)n2C. The van der Waals surface area contributed by atoms with Crippen molar-refractivity contribution in [2.45, 2.75) is 20.4 Å². The summed E-state index contributed by atoms with van der Waals surface area (Å²) in [6.07, 6.45) is 0. The smallest absolute Gasteiger partial charge is 0.332 e. The van der Waals surface area contributed by atoms with Gasteiger partial charge in [0.2, 0.25) is 5.95 Å². The number of anilines is 1. The molecule has 2 N–H and O–H groups in total. The summed E-state index contributed by atoms with van der Waals surface area (Å²) in [6.45, 7) is 4.09. The molecule has 0 unspecified atom stereocenters. The van der Waals surface area contributed by atoms with Gasteiger partial charge in [-0.25, -0.2) is 10.2 Å². The van der Waals surface area contributed by atoms with E-state index in [2.05, 4.69) is 15.5 Å². The number of nitrogens with one attached hydrogen (secondary N) is 1. The zero-order valence-electron chi connectivity index (χ0n) is 15.0. The quantitative estimate of drug-likeness (QED) is 0.536. The number of rotatable bonds is 4. The van der Waals surface area contributed by atoms with E-state index in [1.165, 1.54) is 11.6 Å². The second-order valence-electron chi connectivity index (χ2n) is 5.88. The number of aromatic nitrogens is 4. The molecule has 0 amide bonds. The van der Waals surface area contributed by atoms with Gasteiger partial charge in [-0.2, -0.15) is 10.1 Å². The number of para-hydroxylation sites is 1. The number of aromatic hydroxyl groups is 1. The van der Waals surface area contributed by atoms with Crippen LogP contribution in [0.3, 0.4) is 0 Å². The summed E-state index contributed by atoms with van der Waals surface area (Å²) in [4.78, 5) is 29.0. The van der Waals surface area contributed by atoms with Crippen molar-refractivity contribution in [2.24, 2.45) is 19.2 Å². The molecule has 0 fully saturated rings. The third-order valence-electron chi connectivity index (χ3n) is 4.28. The maximum atomic E-state index is 12.5. The average Bonchev–Trinajstić information content (AvgIpc) is 3.01. The van der Waals surface area contributed by atoms with Crippen LogP contribution in [0.5, 0.6) is 5.75 Å². The molecule has 0 bridgehead atoms. The van der Waals surface area contributed by atoms with Crippen LogP contribution in [0.2, 0.25) is 0 Å². The van der Waals surface area contributed by atoms with Gasteiger partial charge in [0.05, 0.1) is 5.71 Å². The van der Waals surface area contributed by atoms with Crippen molar-refractivity contribution in [3.63, 3.8) is 0 Å². The first-order valence-corrected chi connectivity index (χ1v) is 8.11. The van der Waals surface area contributed by atoms with Gasteiger partial charge in [0.1, 0.15) is 5.75 Å². The number of hydrogen-bond donors (Lipinski definition) is 2. The topological polar surface area (TPSA) is 106 Å². The average molecular weight is 356 g/mol. The largest absolute Gasteiger partial charge is 0.507 e. The highest BCUT2D eigenvalue weighted by Gasteiger charge is 2.18. The van der Waals surface area contributed by atoms with Crippen LogP contribution >= 0.6 is 0 Å². The van der Waals surface area contributed by atoms with Gasteiger partial charge in [0, 0.05) is 26.2 Å². The van der Waals surface area contributed by atoms with Crippen LogP contribution in [0, 0.1) is 0 Å². The standard InChI is InChI=1S/C17H20N6O3/c1-5-23-13-14(21(3)17(26)22(4)15(13)25)18-16(23)20-19-10(2)11-8-6-7-9-12(11)24/h6-9,24H,5H2,1-4H3,(H,18,20). The molecule has 9 nitrogen and oxygen atoms in total. The van der Waals surface area contributed by atoms with Gasteiger partial charge in [-0.15, -0.1) is 0 Å². The zero-order chi connectivity index (χ0) is 19.0. The van der Waals surface area contributed by atoms with Crippen molar-refractivity contribution >= 4 is 22.8 Å². The van der Waals surface area contributed by atoms with E-state index in [1.807, 2.05) is 6.92 Å². The Morgan fingerprint density at radius 1 is 1.23 bits per heavy atom. The predicted octanol–water partition coefficient (Wildman–Crippen LogP) is 0.995. The molecule has 0 radical (unpaired) electrons. The molecule has 136 valence electrons. The minimum Gasteiger partial charge on any atom is -0.507 e. The summed E-state index contributed by atoms with van der Waals surface area (Å²) in [5.74, 6) is 0.464. The Balaban J connectivity index is 2.12. The maximum Gasteiger partial charge on any atom is 0.332 e. The lowest BCUT2D eigenvalue weighted by Gasteiger charge is -2.07. The summed E-state index contributed by atoms with van der Waals surface area (Å²) >= 11 is 0. The second kappa shape index (κ2) is 6.51. The first-order chi connectivity index (χ1) is 12.4. The van der Waals surface area contributed by atoms with E-state index in [1.54, 1.807) is 42.8 Å². The lowest BCUT2D eigenvalue weighted by molar-refractivity contribution is 0.474. The van der Waals surface area contributed by atoms with Crippen LogP contribution in [0.1, 0.15) is 19.4 Å². The third kappa shape index (κ3) is 2.67. The Kier molecular flexibility index (Phi) is 4.37. The first kappa shape index (κ1) is 17.5. The fourth-order valence-corrected chi connectivity index (χ4v) is 2.81. The number of imidazole rings is 1. The van der Waals surface area contributed by atoms with E-state index in [0.717, 1.165) is 4.57 Å².